The maximum atomic E-state index is 13.0. The molecular formula is C19H19NO3S. The van der Waals surface area contributed by atoms with Crippen LogP contribution in [0.25, 0.3) is 0 Å². The number of carboxylic acid groups (broad SMARTS) is 1. The van der Waals surface area contributed by atoms with E-state index in [2.05, 4.69) is 6.07 Å². The number of amides is 1. The van der Waals surface area contributed by atoms with Crippen LogP contribution in [0, 0.1) is 6.92 Å². The lowest BCUT2D eigenvalue weighted by Crippen LogP contribution is -2.29. The van der Waals surface area contributed by atoms with Gasteiger partial charge >= 0.3 is 5.97 Å². The number of carbonyl (C=O) groups is 2. The summed E-state index contributed by atoms with van der Waals surface area (Å²) in [6.45, 7) is 4.33. The summed E-state index contributed by atoms with van der Waals surface area (Å²) in [5, 5.41) is 8.52. The van der Waals surface area contributed by atoms with Crippen molar-refractivity contribution in [1.82, 2.24) is 0 Å². The molecule has 0 aromatic heterocycles. The number of aryl methyl sites for hydroxylation is 1. The average Bonchev–Trinajstić information content (AvgIpc) is 2.97. The lowest BCUT2D eigenvalue weighted by Gasteiger charge is -2.19. The van der Waals surface area contributed by atoms with Crippen molar-refractivity contribution in [2.75, 3.05) is 11.4 Å². The summed E-state index contributed by atoms with van der Waals surface area (Å²) in [5.41, 5.74) is 3.89. The van der Waals surface area contributed by atoms with Gasteiger partial charge in [-0.1, -0.05) is 29.8 Å². The summed E-state index contributed by atoms with van der Waals surface area (Å²) in [6.07, 6.45) is 0.851. The molecule has 0 fully saturated rings. The lowest BCUT2D eigenvalue weighted by atomic mass is 10.1. The van der Waals surface area contributed by atoms with Crippen molar-refractivity contribution in [3.05, 3.63) is 59.2 Å². The van der Waals surface area contributed by atoms with Crippen LogP contribution >= 0.6 is 11.8 Å². The summed E-state index contributed by atoms with van der Waals surface area (Å²) in [5.74, 6) is -0.956. The van der Waals surface area contributed by atoms with Crippen molar-refractivity contribution in [1.29, 1.82) is 0 Å². The second kappa shape index (κ2) is 6.69. The highest BCUT2D eigenvalue weighted by Crippen LogP contribution is 2.33. The third-order valence-corrected chi connectivity index (χ3v) is 5.31. The van der Waals surface area contributed by atoms with E-state index in [1.807, 2.05) is 37.3 Å². The van der Waals surface area contributed by atoms with E-state index >= 15 is 0 Å². The number of carboxylic acids is 1. The van der Waals surface area contributed by atoms with Crippen molar-refractivity contribution < 1.29 is 14.7 Å². The Labute approximate surface area is 145 Å². The molecule has 1 aliphatic rings. The summed E-state index contributed by atoms with van der Waals surface area (Å²) < 4.78 is 0. The van der Waals surface area contributed by atoms with E-state index in [1.165, 1.54) is 22.9 Å². The van der Waals surface area contributed by atoms with Gasteiger partial charge in [0.15, 0.2) is 0 Å². The van der Waals surface area contributed by atoms with E-state index in [1.54, 1.807) is 17.9 Å². The average molecular weight is 341 g/mol. The van der Waals surface area contributed by atoms with Crippen LogP contribution in [-0.4, -0.2) is 28.8 Å². The molecule has 3 rings (SSSR count). The minimum atomic E-state index is -0.885. The summed E-state index contributed by atoms with van der Waals surface area (Å²) >= 11 is 1.20. The standard InChI is InChI=1S/C19H19NO3S/c1-12-7-8-16-14(11-12)9-10-20(16)18(21)15-5-3-4-6-17(15)24-13(2)19(22)23/h3-8,11,13H,9-10H2,1-2H3,(H,22,23). The maximum Gasteiger partial charge on any atom is 0.316 e. The third kappa shape index (κ3) is 3.17. The molecule has 0 saturated heterocycles. The van der Waals surface area contributed by atoms with Crippen molar-refractivity contribution in [3.63, 3.8) is 0 Å². The van der Waals surface area contributed by atoms with Gasteiger partial charge in [0.05, 0.1) is 5.56 Å². The number of nitrogens with zero attached hydrogens (tertiary/aromatic N) is 1. The number of fused-ring (bicyclic) bond motifs is 1. The normalized spacial score (nSPS) is 14.3. The van der Waals surface area contributed by atoms with E-state index < -0.39 is 11.2 Å². The largest absolute Gasteiger partial charge is 0.480 e. The smallest absolute Gasteiger partial charge is 0.316 e. The number of hydrogen-bond acceptors (Lipinski definition) is 3. The molecule has 1 amide bonds. The minimum absolute atomic E-state index is 0.0710. The molecule has 1 atom stereocenters. The fraction of sp³-hybridized carbons (Fsp3) is 0.263. The van der Waals surface area contributed by atoms with Crippen LogP contribution < -0.4 is 4.90 Å². The van der Waals surface area contributed by atoms with Crippen LogP contribution in [0.1, 0.15) is 28.4 Å². The van der Waals surface area contributed by atoms with Gasteiger partial charge in [-0.25, -0.2) is 0 Å². The minimum Gasteiger partial charge on any atom is -0.480 e. The van der Waals surface area contributed by atoms with Crippen LogP contribution in [0.2, 0.25) is 0 Å². The fourth-order valence-electron chi connectivity index (χ4n) is 2.87. The second-order valence-electron chi connectivity index (χ2n) is 5.93. The molecule has 0 radical (unpaired) electrons. The molecule has 0 bridgehead atoms. The summed E-state index contributed by atoms with van der Waals surface area (Å²) in [7, 11) is 0. The van der Waals surface area contributed by atoms with Crippen molar-refractivity contribution in [3.8, 4) is 0 Å². The van der Waals surface area contributed by atoms with Gasteiger partial charge in [0.1, 0.15) is 5.25 Å². The SMILES string of the molecule is Cc1ccc2c(c1)CCN2C(=O)c1ccccc1SC(C)C(=O)O. The first-order valence-corrected chi connectivity index (χ1v) is 8.75. The highest BCUT2D eigenvalue weighted by atomic mass is 32.2. The molecule has 1 heterocycles. The Balaban J connectivity index is 1.91. The second-order valence-corrected chi connectivity index (χ2v) is 7.32. The van der Waals surface area contributed by atoms with Crippen molar-refractivity contribution in [2.24, 2.45) is 0 Å². The Hall–Kier alpha value is -2.27. The predicted octanol–water partition coefficient (Wildman–Crippen LogP) is 3.76. The molecule has 1 aliphatic heterocycles. The van der Waals surface area contributed by atoms with Gasteiger partial charge in [0.2, 0.25) is 0 Å². The topological polar surface area (TPSA) is 57.6 Å². The van der Waals surface area contributed by atoms with Gasteiger partial charge in [-0.05, 0) is 44.0 Å². The molecule has 0 aliphatic carbocycles. The molecule has 5 heteroatoms. The van der Waals surface area contributed by atoms with Gasteiger partial charge in [-0.15, -0.1) is 11.8 Å². The lowest BCUT2D eigenvalue weighted by molar-refractivity contribution is -0.136. The zero-order valence-corrected chi connectivity index (χ0v) is 14.5. The molecule has 0 spiro atoms. The first-order chi connectivity index (χ1) is 11.5. The Bertz CT molecular complexity index is 803. The number of carbonyl (C=O) groups excluding carboxylic acids is 1. The van der Waals surface area contributed by atoms with Gasteiger partial charge in [0.25, 0.3) is 5.91 Å². The molecular weight excluding hydrogens is 322 g/mol. The van der Waals surface area contributed by atoms with Gasteiger partial charge in [-0.3, -0.25) is 9.59 Å². The fourth-order valence-corrected chi connectivity index (χ4v) is 3.80. The summed E-state index contributed by atoms with van der Waals surface area (Å²) in [4.78, 5) is 26.7. The highest BCUT2D eigenvalue weighted by Gasteiger charge is 2.27. The van der Waals surface area contributed by atoms with Crippen LogP contribution in [0.15, 0.2) is 47.4 Å². The Morgan fingerprint density at radius 2 is 1.96 bits per heavy atom. The Kier molecular flexibility index (Phi) is 4.62. The molecule has 2 aromatic carbocycles. The number of anilines is 1. The molecule has 1 unspecified atom stereocenters. The van der Waals surface area contributed by atoms with Crippen LogP contribution in [0.5, 0.6) is 0 Å². The molecule has 4 nitrogen and oxygen atoms in total. The highest BCUT2D eigenvalue weighted by molar-refractivity contribution is 8.00. The van der Waals surface area contributed by atoms with Gasteiger partial charge in [-0.2, -0.15) is 0 Å². The summed E-state index contributed by atoms with van der Waals surface area (Å²) in [6, 6.07) is 13.3. The van der Waals surface area contributed by atoms with Crippen LogP contribution in [0.3, 0.4) is 0 Å². The first-order valence-electron chi connectivity index (χ1n) is 7.87. The Morgan fingerprint density at radius 1 is 1.21 bits per heavy atom. The zero-order valence-electron chi connectivity index (χ0n) is 13.7. The molecule has 24 heavy (non-hydrogen) atoms. The van der Waals surface area contributed by atoms with E-state index in [4.69, 9.17) is 5.11 Å². The van der Waals surface area contributed by atoms with Crippen LogP contribution in [-0.2, 0) is 11.2 Å². The monoisotopic (exact) mass is 341 g/mol. The van der Waals surface area contributed by atoms with Gasteiger partial charge in [0, 0.05) is 17.1 Å². The quantitative estimate of drug-likeness (QED) is 0.860. The van der Waals surface area contributed by atoms with Crippen molar-refractivity contribution in [2.45, 2.75) is 30.4 Å². The number of rotatable bonds is 4. The van der Waals surface area contributed by atoms with E-state index in [-0.39, 0.29) is 5.91 Å². The number of hydrogen-bond donors (Lipinski definition) is 1. The first kappa shape index (κ1) is 16.6. The van der Waals surface area contributed by atoms with Crippen LogP contribution in [0.4, 0.5) is 5.69 Å². The third-order valence-electron chi connectivity index (χ3n) is 4.14. The van der Waals surface area contributed by atoms with E-state index in [9.17, 15) is 9.59 Å². The zero-order chi connectivity index (χ0) is 17.3. The Morgan fingerprint density at radius 3 is 2.71 bits per heavy atom. The van der Waals surface area contributed by atoms with E-state index in [0.29, 0.717) is 17.0 Å². The van der Waals surface area contributed by atoms with E-state index in [0.717, 1.165) is 12.1 Å². The number of benzene rings is 2. The number of thioether (sulfide) groups is 1. The predicted molar refractivity (Wildman–Crippen MR) is 96.0 cm³/mol. The molecule has 1 N–H and O–H groups in total. The molecule has 124 valence electrons. The molecule has 0 saturated carbocycles. The van der Waals surface area contributed by atoms with Crippen molar-refractivity contribution >= 4 is 29.3 Å². The molecule has 2 aromatic rings. The maximum absolute atomic E-state index is 13.0. The number of aliphatic carboxylic acids is 1. The van der Waals surface area contributed by atoms with Gasteiger partial charge < -0.3 is 10.0 Å².